The Morgan fingerprint density at radius 1 is 0.952 bits per heavy atom. The molecule has 2 aromatic rings. The van der Waals surface area contributed by atoms with E-state index in [9.17, 15) is 9.59 Å². The Balaban J connectivity index is 2.32. The van der Waals surface area contributed by atoms with Crippen molar-refractivity contribution in [1.29, 1.82) is 0 Å². The van der Waals surface area contributed by atoms with Gasteiger partial charge in [-0.1, -0.05) is 40.9 Å². The number of halogens is 3. The first-order chi connectivity index (χ1) is 9.88. The summed E-state index contributed by atoms with van der Waals surface area (Å²) in [6.07, 6.45) is 0. The largest absolute Gasteiger partial charge is 0.478 e. The van der Waals surface area contributed by atoms with E-state index in [4.69, 9.17) is 39.9 Å². The quantitative estimate of drug-likeness (QED) is 0.855. The molecule has 2 aromatic carbocycles. The normalized spacial score (nSPS) is 10.2. The van der Waals surface area contributed by atoms with Crippen LogP contribution in [0.4, 0.5) is 5.69 Å². The van der Waals surface area contributed by atoms with Crippen LogP contribution in [0, 0.1) is 0 Å². The van der Waals surface area contributed by atoms with Crippen LogP contribution in [0.25, 0.3) is 0 Å². The second-order valence-electron chi connectivity index (χ2n) is 4.08. The van der Waals surface area contributed by atoms with Gasteiger partial charge in [-0.15, -0.1) is 0 Å². The maximum Gasteiger partial charge on any atom is 0.335 e. The zero-order chi connectivity index (χ0) is 15.6. The van der Waals surface area contributed by atoms with Gasteiger partial charge in [0.25, 0.3) is 5.91 Å². The van der Waals surface area contributed by atoms with Gasteiger partial charge in [0.05, 0.1) is 21.3 Å². The average molecular weight is 345 g/mol. The highest BCUT2D eigenvalue weighted by Gasteiger charge is 2.15. The Morgan fingerprint density at radius 3 is 2.10 bits per heavy atom. The first-order valence-corrected chi connectivity index (χ1v) is 6.81. The predicted molar refractivity (Wildman–Crippen MR) is 82.8 cm³/mol. The molecular formula is C14H8Cl3NO3. The summed E-state index contributed by atoms with van der Waals surface area (Å²) in [5, 5.41) is 11.9. The maximum absolute atomic E-state index is 12.1. The van der Waals surface area contributed by atoms with Crippen LogP contribution in [-0.4, -0.2) is 17.0 Å². The summed E-state index contributed by atoms with van der Waals surface area (Å²) < 4.78 is 0. The molecule has 2 N–H and O–H groups in total. The molecule has 1 amide bonds. The number of carboxylic acids is 1. The number of nitrogens with one attached hydrogen (secondary N) is 1. The fourth-order valence-electron chi connectivity index (χ4n) is 1.63. The highest BCUT2D eigenvalue weighted by molar-refractivity contribution is 6.40. The lowest BCUT2D eigenvalue weighted by atomic mass is 10.2. The number of rotatable bonds is 3. The SMILES string of the molecule is O=C(O)c1cc(Cl)c(NC(=O)c2cccc(Cl)c2)c(Cl)c1. The third-order valence-electron chi connectivity index (χ3n) is 2.61. The molecule has 4 nitrogen and oxygen atoms in total. The zero-order valence-electron chi connectivity index (χ0n) is 10.4. The zero-order valence-corrected chi connectivity index (χ0v) is 12.6. The van der Waals surface area contributed by atoms with E-state index in [1.807, 2.05) is 0 Å². The summed E-state index contributed by atoms with van der Waals surface area (Å²) >= 11 is 17.7. The molecule has 0 spiro atoms. The lowest BCUT2D eigenvalue weighted by molar-refractivity contribution is 0.0696. The van der Waals surface area contributed by atoms with Crippen molar-refractivity contribution in [3.63, 3.8) is 0 Å². The van der Waals surface area contributed by atoms with Gasteiger partial charge in [0, 0.05) is 10.6 Å². The van der Waals surface area contributed by atoms with Gasteiger partial charge in [0.15, 0.2) is 0 Å². The summed E-state index contributed by atoms with van der Waals surface area (Å²) in [5.74, 6) is -1.61. The fraction of sp³-hybridized carbons (Fsp3) is 0. The van der Waals surface area contributed by atoms with Gasteiger partial charge in [0.2, 0.25) is 0 Å². The molecule has 0 heterocycles. The van der Waals surface area contributed by atoms with E-state index in [0.717, 1.165) is 0 Å². The third-order valence-corrected chi connectivity index (χ3v) is 3.45. The van der Waals surface area contributed by atoms with Crippen molar-refractivity contribution in [3.05, 3.63) is 62.6 Å². The number of carbonyl (C=O) groups is 2. The van der Waals surface area contributed by atoms with E-state index >= 15 is 0 Å². The van der Waals surface area contributed by atoms with E-state index in [0.29, 0.717) is 10.6 Å². The van der Waals surface area contributed by atoms with Gasteiger partial charge in [-0.2, -0.15) is 0 Å². The summed E-state index contributed by atoms with van der Waals surface area (Å²) in [5.41, 5.74) is 0.413. The molecule has 21 heavy (non-hydrogen) atoms. The van der Waals surface area contributed by atoms with Gasteiger partial charge in [-0.3, -0.25) is 4.79 Å². The summed E-state index contributed by atoms with van der Waals surface area (Å²) in [6, 6.07) is 8.76. The van der Waals surface area contributed by atoms with Crippen molar-refractivity contribution in [3.8, 4) is 0 Å². The number of hydrogen-bond acceptors (Lipinski definition) is 2. The Kier molecular flexibility index (Phi) is 4.73. The smallest absolute Gasteiger partial charge is 0.335 e. The molecule has 0 aliphatic carbocycles. The Bertz CT molecular complexity index is 708. The molecule has 0 fully saturated rings. The lowest BCUT2D eigenvalue weighted by Gasteiger charge is -2.10. The molecule has 0 aliphatic heterocycles. The molecule has 0 aromatic heterocycles. The number of carboxylic acid groups (broad SMARTS) is 1. The van der Waals surface area contributed by atoms with Crippen molar-refractivity contribution >= 4 is 52.4 Å². The molecule has 0 unspecified atom stereocenters. The van der Waals surface area contributed by atoms with Crippen molar-refractivity contribution < 1.29 is 14.7 Å². The molecule has 0 saturated heterocycles. The van der Waals surface area contributed by atoms with E-state index < -0.39 is 11.9 Å². The van der Waals surface area contributed by atoms with E-state index in [1.54, 1.807) is 18.2 Å². The molecule has 108 valence electrons. The minimum atomic E-state index is -1.16. The van der Waals surface area contributed by atoms with Gasteiger partial charge in [-0.05, 0) is 30.3 Å². The Hall–Kier alpha value is -1.75. The highest BCUT2D eigenvalue weighted by atomic mass is 35.5. The lowest BCUT2D eigenvalue weighted by Crippen LogP contribution is -2.13. The van der Waals surface area contributed by atoms with E-state index in [2.05, 4.69) is 5.32 Å². The summed E-state index contributed by atoms with van der Waals surface area (Å²) in [4.78, 5) is 23.0. The first-order valence-electron chi connectivity index (χ1n) is 5.67. The van der Waals surface area contributed by atoms with Crippen LogP contribution in [0.1, 0.15) is 20.7 Å². The second-order valence-corrected chi connectivity index (χ2v) is 5.34. The summed E-state index contributed by atoms with van der Waals surface area (Å²) in [7, 11) is 0. The number of amides is 1. The van der Waals surface area contributed by atoms with Crippen LogP contribution >= 0.6 is 34.8 Å². The van der Waals surface area contributed by atoms with E-state index in [-0.39, 0.29) is 21.3 Å². The first kappa shape index (κ1) is 15.6. The molecule has 2 rings (SSSR count). The van der Waals surface area contributed by atoms with Crippen molar-refractivity contribution in [2.24, 2.45) is 0 Å². The fourth-order valence-corrected chi connectivity index (χ4v) is 2.40. The number of carbonyl (C=O) groups excluding carboxylic acids is 1. The number of hydrogen-bond donors (Lipinski definition) is 2. The summed E-state index contributed by atoms with van der Waals surface area (Å²) in [6.45, 7) is 0. The van der Waals surface area contributed by atoms with Crippen LogP contribution < -0.4 is 5.32 Å². The standard InChI is InChI=1S/C14H8Cl3NO3/c15-9-3-1-2-7(4-9)13(19)18-12-10(16)5-8(14(20)21)6-11(12)17/h1-6H,(H,18,19)(H,20,21). The predicted octanol–water partition coefficient (Wildman–Crippen LogP) is 4.60. The van der Waals surface area contributed by atoms with Gasteiger partial charge in [0.1, 0.15) is 0 Å². The van der Waals surface area contributed by atoms with Crippen LogP contribution in [0.5, 0.6) is 0 Å². The average Bonchev–Trinajstić information content (AvgIpc) is 2.42. The molecule has 0 aliphatic rings. The van der Waals surface area contributed by atoms with Crippen LogP contribution in [0.3, 0.4) is 0 Å². The highest BCUT2D eigenvalue weighted by Crippen LogP contribution is 2.32. The minimum Gasteiger partial charge on any atom is -0.478 e. The van der Waals surface area contributed by atoms with Crippen molar-refractivity contribution in [2.75, 3.05) is 5.32 Å². The maximum atomic E-state index is 12.1. The third kappa shape index (κ3) is 3.67. The molecule has 0 atom stereocenters. The topological polar surface area (TPSA) is 66.4 Å². The second kappa shape index (κ2) is 6.35. The number of anilines is 1. The number of aromatic carboxylic acids is 1. The van der Waals surface area contributed by atoms with Crippen LogP contribution in [0.2, 0.25) is 15.1 Å². The van der Waals surface area contributed by atoms with E-state index in [1.165, 1.54) is 18.2 Å². The minimum absolute atomic E-state index is 0.0373. The molecule has 0 radical (unpaired) electrons. The van der Waals surface area contributed by atoms with Crippen molar-refractivity contribution in [1.82, 2.24) is 0 Å². The van der Waals surface area contributed by atoms with Crippen LogP contribution in [0.15, 0.2) is 36.4 Å². The van der Waals surface area contributed by atoms with Crippen molar-refractivity contribution in [2.45, 2.75) is 0 Å². The van der Waals surface area contributed by atoms with Crippen LogP contribution in [-0.2, 0) is 0 Å². The Morgan fingerprint density at radius 2 is 1.57 bits per heavy atom. The van der Waals surface area contributed by atoms with Gasteiger partial charge >= 0.3 is 5.97 Å². The molecule has 7 heteroatoms. The Labute approximate surface area is 135 Å². The van der Waals surface area contributed by atoms with Gasteiger partial charge in [-0.25, -0.2) is 4.79 Å². The monoisotopic (exact) mass is 343 g/mol. The van der Waals surface area contributed by atoms with Gasteiger partial charge < -0.3 is 10.4 Å². The molecule has 0 bridgehead atoms. The number of benzene rings is 2. The molecule has 0 saturated carbocycles. The molecular weight excluding hydrogens is 337 g/mol.